The second-order valence-electron chi connectivity index (χ2n) is 8.44. The summed E-state index contributed by atoms with van der Waals surface area (Å²) < 4.78 is 26.8. The molecule has 3 rings (SSSR count). The Hall–Kier alpha value is -3.08. The van der Waals surface area contributed by atoms with Crippen LogP contribution >= 0.6 is 23.2 Å². The van der Waals surface area contributed by atoms with E-state index in [9.17, 15) is 14.4 Å². The molecule has 10 nitrogen and oxygen atoms in total. The van der Waals surface area contributed by atoms with Gasteiger partial charge in [0.2, 0.25) is 6.79 Å². The highest BCUT2D eigenvalue weighted by Crippen LogP contribution is 2.30. The zero-order chi connectivity index (χ0) is 26.9. The summed E-state index contributed by atoms with van der Waals surface area (Å²) in [5, 5.41) is 3.69. The molecule has 37 heavy (non-hydrogen) atoms. The van der Waals surface area contributed by atoms with Gasteiger partial charge in [0.15, 0.2) is 23.2 Å². The molecule has 0 bridgehead atoms. The second-order valence-corrected chi connectivity index (χ2v) is 9.29. The summed E-state index contributed by atoms with van der Waals surface area (Å²) in [6, 6.07) is 5.69. The molecule has 2 heterocycles. The van der Waals surface area contributed by atoms with Crippen molar-refractivity contribution in [3.63, 3.8) is 0 Å². The van der Waals surface area contributed by atoms with Crippen molar-refractivity contribution in [2.75, 3.05) is 27.1 Å². The minimum atomic E-state index is -1.10. The van der Waals surface area contributed by atoms with E-state index in [1.807, 2.05) is 6.07 Å². The fourth-order valence-electron chi connectivity index (χ4n) is 3.82. The van der Waals surface area contributed by atoms with Gasteiger partial charge in [0, 0.05) is 35.8 Å². The summed E-state index contributed by atoms with van der Waals surface area (Å²) in [4.78, 5) is 41.0. The smallest absolute Gasteiger partial charge is 0.331 e. The van der Waals surface area contributed by atoms with Crippen LogP contribution in [0.4, 0.5) is 0 Å². The average Bonchev–Trinajstić information content (AvgIpc) is 2.90. The van der Waals surface area contributed by atoms with Gasteiger partial charge in [-0.15, -0.1) is 0 Å². The molecule has 0 saturated carbocycles. The second kappa shape index (κ2) is 13.5. The monoisotopic (exact) mass is 554 g/mol. The van der Waals surface area contributed by atoms with Crippen molar-refractivity contribution in [2.45, 2.75) is 38.8 Å². The topological polar surface area (TPSA) is 122 Å². The molecule has 1 aliphatic heterocycles. The lowest BCUT2D eigenvalue weighted by molar-refractivity contribution is -0.151. The van der Waals surface area contributed by atoms with Crippen LogP contribution in [-0.2, 0) is 30.2 Å². The van der Waals surface area contributed by atoms with E-state index in [4.69, 9.17) is 46.9 Å². The number of amides is 1. The van der Waals surface area contributed by atoms with E-state index >= 15 is 0 Å². The molecule has 12 heteroatoms. The van der Waals surface area contributed by atoms with Crippen molar-refractivity contribution >= 4 is 41.0 Å². The SMILES string of the molecule is COc1ccnc(C(=O)N[C@H]2COCC(Cc3ccc(Cl)cc3Cl)CC(C)OC2=O)c1OCOC(C)=O. The van der Waals surface area contributed by atoms with Crippen LogP contribution in [0.5, 0.6) is 11.5 Å². The number of esters is 2. The summed E-state index contributed by atoms with van der Waals surface area (Å²) in [5.74, 6) is -1.77. The van der Waals surface area contributed by atoms with Crippen LogP contribution in [0.15, 0.2) is 30.5 Å². The van der Waals surface area contributed by atoms with Crippen molar-refractivity contribution in [3.05, 3.63) is 51.8 Å². The van der Waals surface area contributed by atoms with Gasteiger partial charge in [-0.05, 0) is 43.4 Å². The number of benzene rings is 1. The lowest BCUT2D eigenvalue weighted by Crippen LogP contribution is -2.45. The zero-order valence-electron chi connectivity index (χ0n) is 20.6. The number of methoxy groups -OCH3 is 1. The highest BCUT2D eigenvalue weighted by molar-refractivity contribution is 6.35. The van der Waals surface area contributed by atoms with Crippen LogP contribution in [-0.4, -0.2) is 62.1 Å². The number of aromatic nitrogens is 1. The Labute approximate surface area is 224 Å². The number of pyridine rings is 1. The number of ether oxygens (including phenoxy) is 5. The predicted octanol–water partition coefficient (Wildman–Crippen LogP) is 3.61. The van der Waals surface area contributed by atoms with E-state index in [1.54, 1.807) is 19.1 Å². The van der Waals surface area contributed by atoms with Gasteiger partial charge in [0.1, 0.15) is 0 Å². The van der Waals surface area contributed by atoms with Crippen molar-refractivity contribution in [2.24, 2.45) is 5.92 Å². The van der Waals surface area contributed by atoms with Crippen LogP contribution < -0.4 is 14.8 Å². The summed E-state index contributed by atoms with van der Waals surface area (Å²) in [7, 11) is 1.38. The summed E-state index contributed by atoms with van der Waals surface area (Å²) >= 11 is 12.3. The van der Waals surface area contributed by atoms with Gasteiger partial charge in [-0.3, -0.25) is 9.59 Å². The Bertz CT molecular complexity index is 1130. The molecular weight excluding hydrogens is 527 g/mol. The number of hydrogen-bond acceptors (Lipinski definition) is 9. The molecule has 0 spiro atoms. The van der Waals surface area contributed by atoms with Gasteiger partial charge in [-0.25, -0.2) is 9.78 Å². The number of nitrogens with one attached hydrogen (secondary N) is 1. The Morgan fingerprint density at radius 2 is 2.00 bits per heavy atom. The number of cyclic esters (lactones) is 1. The van der Waals surface area contributed by atoms with E-state index in [0.717, 1.165) is 5.56 Å². The summed E-state index contributed by atoms with van der Waals surface area (Å²) in [6.45, 7) is 2.75. The molecule has 1 N–H and O–H groups in total. The third-order valence-electron chi connectivity index (χ3n) is 5.50. The minimum Gasteiger partial charge on any atom is -0.493 e. The quantitative estimate of drug-likeness (QED) is 0.385. The lowest BCUT2D eigenvalue weighted by atomic mass is 9.94. The van der Waals surface area contributed by atoms with Crippen LogP contribution in [0.1, 0.15) is 36.3 Å². The molecular formula is C25H28Cl2N2O8. The molecule has 3 atom stereocenters. The number of carbonyl (C=O) groups is 3. The largest absolute Gasteiger partial charge is 0.493 e. The minimum absolute atomic E-state index is 0.0113. The number of carbonyl (C=O) groups excluding carboxylic acids is 3. The van der Waals surface area contributed by atoms with Crippen LogP contribution in [0.25, 0.3) is 0 Å². The first-order valence-electron chi connectivity index (χ1n) is 11.5. The first-order chi connectivity index (χ1) is 17.7. The summed E-state index contributed by atoms with van der Waals surface area (Å²) in [6.07, 6.45) is 2.06. The fourth-order valence-corrected chi connectivity index (χ4v) is 4.30. The zero-order valence-corrected chi connectivity index (χ0v) is 22.1. The van der Waals surface area contributed by atoms with E-state index in [0.29, 0.717) is 29.5 Å². The molecule has 2 aromatic rings. The molecule has 200 valence electrons. The molecule has 0 aliphatic carbocycles. The Morgan fingerprint density at radius 3 is 2.70 bits per heavy atom. The van der Waals surface area contributed by atoms with E-state index in [1.165, 1.54) is 26.3 Å². The molecule has 1 aromatic carbocycles. The van der Waals surface area contributed by atoms with Gasteiger partial charge in [-0.2, -0.15) is 0 Å². The third-order valence-corrected chi connectivity index (χ3v) is 6.09. The number of hydrogen-bond donors (Lipinski definition) is 1. The molecule has 1 saturated heterocycles. The lowest BCUT2D eigenvalue weighted by Gasteiger charge is -2.20. The van der Waals surface area contributed by atoms with Gasteiger partial charge in [0.05, 0.1) is 19.8 Å². The van der Waals surface area contributed by atoms with E-state index in [2.05, 4.69) is 10.3 Å². The first-order valence-corrected chi connectivity index (χ1v) is 12.3. The van der Waals surface area contributed by atoms with Gasteiger partial charge >= 0.3 is 11.9 Å². The molecule has 1 fully saturated rings. The highest BCUT2D eigenvalue weighted by atomic mass is 35.5. The standard InChI is InChI=1S/C25H28Cl2N2O8/c1-14-8-16(9-17-4-5-18(26)10-19(17)27)11-34-12-20(25(32)37-14)29-24(31)22-23(36-13-35-15(2)30)21(33-3)6-7-28-22/h4-7,10,14,16,20H,8-9,11-13H2,1-3H3,(H,29,31)/t14?,16?,20-/m0/s1. The number of halogens is 2. The first kappa shape index (κ1) is 28.5. The van der Waals surface area contributed by atoms with Crippen LogP contribution in [0, 0.1) is 5.92 Å². The number of rotatable bonds is 8. The normalized spacial score (nSPS) is 20.0. The Balaban J connectivity index is 1.70. The van der Waals surface area contributed by atoms with Gasteiger partial charge < -0.3 is 29.0 Å². The Morgan fingerprint density at radius 1 is 1.22 bits per heavy atom. The molecule has 1 aliphatic rings. The average molecular weight is 555 g/mol. The predicted molar refractivity (Wildman–Crippen MR) is 134 cm³/mol. The van der Waals surface area contributed by atoms with Crippen molar-refractivity contribution in [1.29, 1.82) is 0 Å². The van der Waals surface area contributed by atoms with Crippen LogP contribution in [0.3, 0.4) is 0 Å². The third kappa shape index (κ3) is 8.21. The van der Waals surface area contributed by atoms with E-state index < -0.39 is 36.8 Å². The van der Waals surface area contributed by atoms with Crippen molar-refractivity contribution in [3.8, 4) is 11.5 Å². The fraction of sp³-hybridized carbons (Fsp3) is 0.440. The molecule has 1 amide bonds. The highest BCUT2D eigenvalue weighted by Gasteiger charge is 2.30. The molecule has 2 unspecified atom stereocenters. The Kier molecular flexibility index (Phi) is 10.4. The maximum atomic E-state index is 13.1. The van der Waals surface area contributed by atoms with Crippen molar-refractivity contribution < 1.29 is 38.1 Å². The maximum Gasteiger partial charge on any atom is 0.331 e. The van der Waals surface area contributed by atoms with E-state index in [-0.39, 0.29) is 29.7 Å². The number of nitrogens with zero attached hydrogens (tertiary/aromatic N) is 1. The van der Waals surface area contributed by atoms with Gasteiger partial charge in [-0.1, -0.05) is 29.3 Å². The van der Waals surface area contributed by atoms with Crippen molar-refractivity contribution in [1.82, 2.24) is 10.3 Å². The molecule has 0 radical (unpaired) electrons. The van der Waals surface area contributed by atoms with Gasteiger partial charge in [0.25, 0.3) is 5.91 Å². The van der Waals surface area contributed by atoms with Crippen LogP contribution in [0.2, 0.25) is 10.0 Å². The molecule has 1 aromatic heterocycles. The summed E-state index contributed by atoms with van der Waals surface area (Å²) in [5.41, 5.74) is 0.746. The maximum absolute atomic E-state index is 13.1.